The monoisotopic (exact) mass is 376 g/mol. The van der Waals surface area contributed by atoms with Gasteiger partial charge in [0, 0.05) is 31.7 Å². The zero-order chi connectivity index (χ0) is 19.7. The Morgan fingerprint density at radius 2 is 1.44 bits per heavy atom. The lowest BCUT2D eigenvalue weighted by Crippen LogP contribution is -2.38. The minimum atomic E-state index is -0.305. The molecule has 152 valence electrons. The molecule has 0 fully saturated rings. The van der Waals surface area contributed by atoms with E-state index in [1.165, 1.54) is 63.5 Å². The number of imide groups is 1. The third-order valence-corrected chi connectivity index (χ3v) is 4.72. The van der Waals surface area contributed by atoms with Crippen molar-refractivity contribution < 1.29 is 14.4 Å². The topological polar surface area (TPSA) is 66.5 Å². The molecule has 0 unspecified atom stereocenters. The second-order valence-corrected chi connectivity index (χ2v) is 7.14. The van der Waals surface area contributed by atoms with E-state index >= 15 is 0 Å². The first-order chi connectivity index (χ1) is 13.1. The van der Waals surface area contributed by atoms with E-state index in [0.29, 0.717) is 13.0 Å². The van der Waals surface area contributed by atoms with Crippen LogP contribution in [0, 0.1) is 0 Å². The molecule has 5 heteroatoms. The van der Waals surface area contributed by atoms with Gasteiger partial charge < -0.3 is 5.32 Å². The Kier molecular flexibility index (Phi) is 13.0. The minimum absolute atomic E-state index is 0.00643. The van der Waals surface area contributed by atoms with Crippen molar-refractivity contribution in [3.63, 3.8) is 0 Å². The van der Waals surface area contributed by atoms with Crippen molar-refractivity contribution in [1.29, 1.82) is 0 Å². The molecular weight excluding hydrogens is 340 g/mol. The Bertz CT molecular complexity index is 494. The van der Waals surface area contributed by atoms with Gasteiger partial charge in [0.2, 0.25) is 5.91 Å². The summed E-state index contributed by atoms with van der Waals surface area (Å²) >= 11 is 0. The van der Waals surface area contributed by atoms with Crippen LogP contribution in [-0.2, 0) is 14.4 Å². The van der Waals surface area contributed by atoms with Crippen LogP contribution in [0.4, 0.5) is 0 Å². The highest BCUT2D eigenvalue weighted by atomic mass is 16.2. The summed E-state index contributed by atoms with van der Waals surface area (Å²) in [6, 6.07) is 0. The number of carbonyl (C=O) groups is 3. The maximum absolute atomic E-state index is 11.8. The number of allylic oxidation sites excluding steroid dienone is 2. The smallest absolute Gasteiger partial charge is 0.253 e. The van der Waals surface area contributed by atoms with Crippen LogP contribution in [-0.4, -0.2) is 35.7 Å². The van der Waals surface area contributed by atoms with Gasteiger partial charge in [-0.25, -0.2) is 0 Å². The lowest BCUT2D eigenvalue weighted by molar-refractivity contribution is -0.137. The Morgan fingerprint density at radius 1 is 0.889 bits per heavy atom. The van der Waals surface area contributed by atoms with E-state index in [0.717, 1.165) is 24.2 Å². The van der Waals surface area contributed by atoms with Gasteiger partial charge in [-0.1, -0.05) is 57.6 Å². The molecule has 0 aliphatic carbocycles. The third kappa shape index (κ3) is 11.4. The first kappa shape index (κ1) is 23.1. The number of amides is 3. The maximum atomic E-state index is 11.8. The quantitative estimate of drug-likeness (QED) is 0.248. The normalized spacial score (nSPS) is 13.9. The molecular formula is C22H36N2O3. The van der Waals surface area contributed by atoms with Crippen molar-refractivity contribution >= 4 is 17.7 Å². The van der Waals surface area contributed by atoms with Crippen LogP contribution in [0.3, 0.4) is 0 Å². The van der Waals surface area contributed by atoms with Gasteiger partial charge in [-0.2, -0.15) is 0 Å². The SMILES string of the molecule is CCCCCC/C=C/CCCCCCCC(=O)NCCN1C(=O)C=CC1=O. The Morgan fingerprint density at radius 3 is 2.07 bits per heavy atom. The summed E-state index contributed by atoms with van der Waals surface area (Å²) in [5.41, 5.74) is 0. The number of nitrogens with one attached hydrogen (secondary N) is 1. The predicted octanol–water partition coefficient (Wildman–Crippen LogP) is 4.28. The van der Waals surface area contributed by atoms with Crippen molar-refractivity contribution in [3.05, 3.63) is 24.3 Å². The lowest BCUT2D eigenvalue weighted by atomic mass is 10.1. The molecule has 0 bridgehead atoms. The average Bonchev–Trinajstić information content (AvgIpc) is 2.97. The zero-order valence-corrected chi connectivity index (χ0v) is 16.9. The van der Waals surface area contributed by atoms with Gasteiger partial charge in [-0.3, -0.25) is 19.3 Å². The largest absolute Gasteiger partial charge is 0.354 e. The van der Waals surface area contributed by atoms with Crippen molar-refractivity contribution in [2.45, 2.75) is 84.0 Å². The predicted molar refractivity (Wildman–Crippen MR) is 109 cm³/mol. The number of carbonyl (C=O) groups excluding carboxylic acids is 3. The second kappa shape index (κ2) is 15.2. The fourth-order valence-corrected chi connectivity index (χ4v) is 3.05. The third-order valence-electron chi connectivity index (χ3n) is 4.72. The molecule has 1 aliphatic rings. The average molecular weight is 377 g/mol. The number of hydrogen-bond acceptors (Lipinski definition) is 3. The number of unbranched alkanes of at least 4 members (excludes halogenated alkanes) is 9. The number of nitrogens with zero attached hydrogens (tertiary/aromatic N) is 1. The molecule has 0 spiro atoms. The second-order valence-electron chi connectivity index (χ2n) is 7.14. The van der Waals surface area contributed by atoms with Gasteiger partial charge in [0.1, 0.15) is 0 Å². The van der Waals surface area contributed by atoms with E-state index in [1.54, 1.807) is 0 Å². The lowest BCUT2D eigenvalue weighted by Gasteiger charge is -2.13. The van der Waals surface area contributed by atoms with E-state index in [9.17, 15) is 14.4 Å². The molecule has 0 aromatic heterocycles. The highest BCUT2D eigenvalue weighted by Crippen LogP contribution is 2.09. The molecule has 3 amide bonds. The molecule has 1 rings (SSSR count). The van der Waals surface area contributed by atoms with Crippen LogP contribution in [0.2, 0.25) is 0 Å². The highest BCUT2D eigenvalue weighted by molar-refractivity contribution is 6.12. The molecule has 0 atom stereocenters. The van der Waals surface area contributed by atoms with Gasteiger partial charge >= 0.3 is 0 Å². The Hall–Kier alpha value is -1.91. The molecule has 0 aromatic rings. The summed E-state index contributed by atoms with van der Waals surface area (Å²) in [7, 11) is 0. The van der Waals surface area contributed by atoms with Gasteiger partial charge in [0.15, 0.2) is 0 Å². The van der Waals surface area contributed by atoms with Crippen LogP contribution >= 0.6 is 0 Å². The summed E-state index contributed by atoms with van der Waals surface area (Å²) in [5.74, 6) is -0.616. The van der Waals surface area contributed by atoms with Crippen LogP contribution in [0.1, 0.15) is 84.0 Å². The van der Waals surface area contributed by atoms with Gasteiger partial charge in [-0.15, -0.1) is 0 Å². The number of hydrogen-bond donors (Lipinski definition) is 1. The van der Waals surface area contributed by atoms with E-state index in [2.05, 4.69) is 24.4 Å². The Balaban J connectivity index is 1.86. The highest BCUT2D eigenvalue weighted by Gasteiger charge is 2.22. The first-order valence-corrected chi connectivity index (χ1v) is 10.6. The molecule has 0 saturated carbocycles. The van der Waals surface area contributed by atoms with Crippen molar-refractivity contribution in [1.82, 2.24) is 10.2 Å². The standard InChI is InChI=1S/C22H36N2O3/c1-2-3-4-5-6-7-8-9-10-11-12-13-14-15-20(25)23-18-19-24-21(26)16-17-22(24)27/h7-8,16-17H,2-6,9-15,18-19H2,1H3,(H,23,25)/b8-7+. The summed E-state index contributed by atoms with van der Waals surface area (Å²) in [4.78, 5) is 35.6. The van der Waals surface area contributed by atoms with Crippen molar-refractivity contribution in [2.24, 2.45) is 0 Å². The first-order valence-electron chi connectivity index (χ1n) is 10.6. The van der Waals surface area contributed by atoms with Crippen LogP contribution in [0.25, 0.3) is 0 Å². The van der Waals surface area contributed by atoms with Crippen LogP contribution in [0.15, 0.2) is 24.3 Å². The molecule has 1 N–H and O–H groups in total. The van der Waals surface area contributed by atoms with Crippen molar-refractivity contribution in [3.8, 4) is 0 Å². The zero-order valence-electron chi connectivity index (χ0n) is 16.9. The van der Waals surface area contributed by atoms with Gasteiger partial charge in [0.05, 0.1) is 0 Å². The summed E-state index contributed by atoms with van der Waals surface area (Å²) in [6.45, 7) is 2.80. The van der Waals surface area contributed by atoms with Gasteiger partial charge in [-0.05, 0) is 32.1 Å². The minimum Gasteiger partial charge on any atom is -0.354 e. The van der Waals surface area contributed by atoms with E-state index < -0.39 is 0 Å². The molecule has 0 aromatic carbocycles. The number of rotatable bonds is 16. The fraction of sp³-hybridized carbons (Fsp3) is 0.682. The molecule has 1 aliphatic heterocycles. The summed E-state index contributed by atoms with van der Waals surface area (Å²) < 4.78 is 0. The van der Waals surface area contributed by atoms with Gasteiger partial charge in [0.25, 0.3) is 11.8 Å². The van der Waals surface area contributed by atoms with E-state index in [-0.39, 0.29) is 24.3 Å². The van der Waals surface area contributed by atoms with E-state index in [1.807, 2.05) is 0 Å². The van der Waals surface area contributed by atoms with Crippen LogP contribution < -0.4 is 5.32 Å². The van der Waals surface area contributed by atoms with E-state index in [4.69, 9.17) is 0 Å². The van der Waals surface area contributed by atoms with Crippen LogP contribution in [0.5, 0.6) is 0 Å². The fourth-order valence-electron chi connectivity index (χ4n) is 3.05. The maximum Gasteiger partial charge on any atom is 0.253 e. The summed E-state index contributed by atoms with van der Waals surface area (Å²) in [5, 5.41) is 2.77. The molecule has 27 heavy (non-hydrogen) atoms. The molecule has 5 nitrogen and oxygen atoms in total. The molecule has 1 heterocycles. The van der Waals surface area contributed by atoms with Crippen molar-refractivity contribution in [2.75, 3.05) is 13.1 Å². The molecule has 0 radical (unpaired) electrons. The molecule has 0 saturated heterocycles. The summed E-state index contributed by atoms with van der Waals surface area (Å²) in [6.07, 6.45) is 20.9. The Labute approximate surface area is 164 Å².